The molecule has 7 heteroatoms. The van der Waals surface area contributed by atoms with Crippen LogP contribution in [0.25, 0.3) is 0 Å². The van der Waals surface area contributed by atoms with Crippen molar-refractivity contribution in [3.63, 3.8) is 0 Å². The second-order valence-electron chi connectivity index (χ2n) is 5.57. The maximum absolute atomic E-state index is 12.0. The molecule has 0 aliphatic carbocycles. The quantitative estimate of drug-likeness (QED) is 0.900. The number of carbonyl (C=O) groups excluding carboxylic acids is 1. The van der Waals surface area contributed by atoms with Gasteiger partial charge in [0.05, 0.1) is 6.54 Å². The van der Waals surface area contributed by atoms with E-state index in [4.69, 9.17) is 11.6 Å². The summed E-state index contributed by atoms with van der Waals surface area (Å²) in [6.45, 7) is 5.02. The first-order chi connectivity index (χ1) is 11.2. The van der Waals surface area contributed by atoms with E-state index >= 15 is 0 Å². The number of thiazole rings is 1. The summed E-state index contributed by atoms with van der Waals surface area (Å²) in [7, 11) is 0. The highest BCUT2D eigenvalue weighted by Crippen LogP contribution is 2.14. The Hall–Kier alpha value is -1.47. The van der Waals surface area contributed by atoms with Crippen LogP contribution in [0, 0.1) is 0 Å². The number of hydrogen-bond donors (Lipinski definition) is 1. The minimum atomic E-state index is 0.00300. The molecule has 1 fully saturated rings. The highest BCUT2D eigenvalue weighted by molar-refractivity contribution is 7.13. The van der Waals surface area contributed by atoms with Gasteiger partial charge in [-0.05, 0) is 17.7 Å². The third-order valence-electron chi connectivity index (χ3n) is 3.81. The molecule has 0 saturated carbocycles. The Balaban J connectivity index is 1.42. The molecular formula is C16H19ClN4OS. The lowest BCUT2D eigenvalue weighted by atomic mass is 10.2. The lowest BCUT2D eigenvalue weighted by molar-refractivity contribution is -0.117. The molecule has 1 N–H and O–H groups in total. The molecule has 1 saturated heterocycles. The Morgan fingerprint density at radius 3 is 2.74 bits per heavy atom. The first-order valence-corrected chi connectivity index (χ1v) is 8.83. The van der Waals surface area contributed by atoms with Crippen molar-refractivity contribution in [3.05, 3.63) is 46.4 Å². The van der Waals surface area contributed by atoms with Gasteiger partial charge < -0.3 is 5.32 Å². The van der Waals surface area contributed by atoms with Crippen LogP contribution in [0.1, 0.15) is 5.56 Å². The molecule has 0 spiro atoms. The van der Waals surface area contributed by atoms with Crippen LogP contribution < -0.4 is 5.32 Å². The molecule has 0 bridgehead atoms. The van der Waals surface area contributed by atoms with Crippen molar-refractivity contribution in [2.24, 2.45) is 0 Å². The van der Waals surface area contributed by atoms with Gasteiger partial charge in [-0.3, -0.25) is 14.6 Å². The predicted octanol–water partition coefficient (Wildman–Crippen LogP) is 2.55. The number of hydrogen-bond acceptors (Lipinski definition) is 5. The first-order valence-electron chi connectivity index (χ1n) is 7.57. The number of carbonyl (C=O) groups is 1. The average Bonchev–Trinajstić information content (AvgIpc) is 3.02. The van der Waals surface area contributed by atoms with Crippen LogP contribution in [0.15, 0.2) is 35.8 Å². The van der Waals surface area contributed by atoms with Gasteiger partial charge in [-0.2, -0.15) is 0 Å². The van der Waals surface area contributed by atoms with Crippen molar-refractivity contribution in [2.75, 3.05) is 38.0 Å². The maximum Gasteiger partial charge on any atom is 0.240 e. The summed E-state index contributed by atoms with van der Waals surface area (Å²) in [6.07, 6.45) is 1.69. The van der Waals surface area contributed by atoms with E-state index in [-0.39, 0.29) is 5.91 Å². The number of rotatable bonds is 5. The molecule has 1 aliphatic rings. The smallest absolute Gasteiger partial charge is 0.240 e. The van der Waals surface area contributed by atoms with Gasteiger partial charge >= 0.3 is 0 Å². The van der Waals surface area contributed by atoms with Crippen LogP contribution in [0.4, 0.5) is 5.13 Å². The number of halogens is 1. The number of aromatic nitrogens is 1. The third kappa shape index (κ3) is 5.00. The van der Waals surface area contributed by atoms with Gasteiger partial charge in [-0.25, -0.2) is 4.98 Å². The van der Waals surface area contributed by atoms with Crippen molar-refractivity contribution in [3.8, 4) is 0 Å². The second-order valence-corrected chi connectivity index (χ2v) is 6.90. The maximum atomic E-state index is 12.0. The molecule has 1 aliphatic heterocycles. The summed E-state index contributed by atoms with van der Waals surface area (Å²) in [5.41, 5.74) is 1.23. The monoisotopic (exact) mass is 350 g/mol. The fraction of sp³-hybridized carbons (Fsp3) is 0.375. The van der Waals surface area contributed by atoms with Crippen LogP contribution in [0.2, 0.25) is 5.02 Å². The Morgan fingerprint density at radius 1 is 1.26 bits per heavy atom. The number of benzene rings is 1. The van der Waals surface area contributed by atoms with Crippen molar-refractivity contribution < 1.29 is 4.79 Å². The highest BCUT2D eigenvalue weighted by Gasteiger charge is 2.19. The summed E-state index contributed by atoms with van der Waals surface area (Å²) in [5, 5.41) is 6.12. The number of nitrogens with one attached hydrogen (secondary N) is 1. The largest absolute Gasteiger partial charge is 0.301 e. The van der Waals surface area contributed by atoms with Gasteiger partial charge in [0, 0.05) is 49.3 Å². The van der Waals surface area contributed by atoms with E-state index in [9.17, 15) is 4.79 Å². The molecular weight excluding hydrogens is 332 g/mol. The molecule has 1 amide bonds. The molecule has 2 aromatic rings. The minimum absolute atomic E-state index is 0.00300. The van der Waals surface area contributed by atoms with Crippen LogP contribution in [0.5, 0.6) is 0 Å². The molecule has 0 atom stereocenters. The van der Waals surface area contributed by atoms with E-state index in [0.29, 0.717) is 11.7 Å². The van der Waals surface area contributed by atoms with Crippen molar-refractivity contribution in [1.29, 1.82) is 0 Å². The Morgan fingerprint density at radius 2 is 2.04 bits per heavy atom. The highest BCUT2D eigenvalue weighted by atomic mass is 35.5. The fourth-order valence-corrected chi connectivity index (χ4v) is 3.40. The van der Waals surface area contributed by atoms with Crippen LogP contribution in [-0.4, -0.2) is 53.4 Å². The van der Waals surface area contributed by atoms with Crippen molar-refractivity contribution in [2.45, 2.75) is 6.54 Å². The molecule has 1 aromatic carbocycles. The molecule has 1 aromatic heterocycles. The standard InChI is InChI=1S/C16H19ClN4OS/c17-14-3-1-2-13(10-14)11-20-5-7-21(8-6-20)12-15(22)19-16-18-4-9-23-16/h1-4,9-10H,5-8,11-12H2,(H,18,19,22). The summed E-state index contributed by atoms with van der Waals surface area (Å²) in [4.78, 5) is 20.6. The topological polar surface area (TPSA) is 48.5 Å². The van der Waals surface area contributed by atoms with Crippen LogP contribution in [0.3, 0.4) is 0 Å². The minimum Gasteiger partial charge on any atom is -0.301 e. The molecule has 23 heavy (non-hydrogen) atoms. The second kappa shape index (κ2) is 7.88. The summed E-state index contributed by atoms with van der Waals surface area (Å²) >= 11 is 7.46. The lowest BCUT2D eigenvalue weighted by Crippen LogP contribution is -2.48. The number of piperazine rings is 1. The molecule has 5 nitrogen and oxygen atoms in total. The van der Waals surface area contributed by atoms with Gasteiger partial charge in [-0.15, -0.1) is 11.3 Å². The van der Waals surface area contributed by atoms with E-state index in [1.165, 1.54) is 16.9 Å². The van der Waals surface area contributed by atoms with Crippen molar-refractivity contribution in [1.82, 2.24) is 14.8 Å². The van der Waals surface area contributed by atoms with Gasteiger partial charge in [0.1, 0.15) is 0 Å². The Labute approximate surface area is 144 Å². The van der Waals surface area contributed by atoms with E-state index in [0.717, 1.165) is 37.7 Å². The molecule has 3 rings (SSSR count). The third-order valence-corrected chi connectivity index (χ3v) is 4.73. The molecule has 2 heterocycles. The normalized spacial score (nSPS) is 16.4. The summed E-state index contributed by atoms with van der Waals surface area (Å²) in [5.74, 6) is 0.00300. The predicted molar refractivity (Wildman–Crippen MR) is 93.9 cm³/mol. The van der Waals surface area contributed by atoms with E-state index < -0.39 is 0 Å². The van der Waals surface area contributed by atoms with E-state index in [2.05, 4.69) is 26.2 Å². The molecule has 122 valence electrons. The van der Waals surface area contributed by atoms with Crippen LogP contribution >= 0.6 is 22.9 Å². The molecule has 0 unspecified atom stereocenters. The number of nitrogens with zero attached hydrogens (tertiary/aromatic N) is 3. The zero-order valence-electron chi connectivity index (χ0n) is 12.7. The van der Waals surface area contributed by atoms with Gasteiger partial charge in [0.25, 0.3) is 0 Å². The van der Waals surface area contributed by atoms with Crippen molar-refractivity contribution >= 4 is 34.0 Å². The SMILES string of the molecule is O=C(CN1CCN(Cc2cccc(Cl)c2)CC1)Nc1nccs1. The fourth-order valence-electron chi connectivity index (χ4n) is 2.65. The van der Waals surface area contributed by atoms with Gasteiger partial charge in [0.15, 0.2) is 5.13 Å². The summed E-state index contributed by atoms with van der Waals surface area (Å²) in [6, 6.07) is 7.98. The average molecular weight is 351 g/mol. The number of amides is 1. The zero-order chi connectivity index (χ0) is 16.1. The summed E-state index contributed by atoms with van der Waals surface area (Å²) < 4.78 is 0. The number of anilines is 1. The van der Waals surface area contributed by atoms with Gasteiger partial charge in [0.2, 0.25) is 5.91 Å². The van der Waals surface area contributed by atoms with E-state index in [1.807, 2.05) is 23.6 Å². The Kier molecular flexibility index (Phi) is 5.61. The van der Waals surface area contributed by atoms with E-state index in [1.54, 1.807) is 6.20 Å². The molecule has 0 radical (unpaired) electrons. The zero-order valence-corrected chi connectivity index (χ0v) is 14.3. The van der Waals surface area contributed by atoms with Crippen LogP contribution in [-0.2, 0) is 11.3 Å². The Bertz CT molecular complexity index is 641. The first kappa shape index (κ1) is 16.4. The van der Waals surface area contributed by atoms with Gasteiger partial charge in [-0.1, -0.05) is 23.7 Å². The lowest BCUT2D eigenvalue weighted by Gasteiger charge is -2.34.